The van der Waals surface area contributed by atoms with E-state index in [4.69, 9.17) is 9.84 Å². The number of morpholine rings is 1. The van der Waals surface area contributed by atoms with Gasteiger partial charge in [-0.05, 0) is 0 Å². The molecule has 1 fully saturated rings. The first-order valence-electron chi connectivity index (χ1n) is 4.72. The normalized spacial score (nSPS) is 18.0. The molecule has 1 aliphatic rings. The molecule has 1 rings (SSSR count). The van der Waals surface area contributed by atoms with Gasteiger partial charge in [0.1, 0.15) is 5.78 Å². The Bertz CT molecular complexity index is 211. The highest BCUT2D eigenvalue weighted by Gasteiger charge is 2.14. The van der Waals surface area contributed by atoms with E-state index in [1.807, 2.05) is 4.90 Å². The van der Waals surface area contributed by atoms with E-state index in [0.29, 0.717) is 19.8 Å². The number of ketones is 1. The van der Waals surface area contributed by atoms with Gasteiger partial charge >= 0.3 is 5.97 Å². The van der Waals surface area contributed by atoms with E-state index in [1.165, 1.54) is 0 Å². The highest BCUT2D eigenvalue weighted by Crippen LogP contribution is 1.99. The molecule has 1 N–H and O–H groups in total. The Hall–Kier alpha value is -0.940. The first-order valence-corrected chi connectivity index (χ1v) is 4.72. The molecular weight excluding hydrogens is 186 g/mol. The average Bonchev–Trinajstić information content (AvgIpc) is 2.16. The van der Waals surface area contributed by atoms with Gasteiger partial charge in [0.15, 0.2) is 0 Å². The summed E-state index contributed by atoms with van der Waals surface area (Å²) in [6.45, 7) is 3.20. The van der Waals surface area contributed by atoms with Crippen LogP contribution in [0.15, 0.2) is 0 Å². The summed E-state index contributed by atoms with van der Waals surface area (Å²) in [5, 5.41) is 8.38. The topological polar surface area (TPSA) is 66.8 Å². The number of hydrogen-bond donors (Lipinski definition) is 1. The average molecular weight is 201 g/mol. The molecule has 0 unspecified atom stereocenters. The van der Waals surface area contributed by atoms with Crippen LogP contribution in [0.3, 0.4) is 0 Å². The minimum Gasteiger partial charge on any atom is -0.481 e. The predicted octanol–water partition coefficient (Wildman–Crippen LogP) is -0.248. The van der Waals surface area contributed by atoms with Crippen LogP contribution in [0.2, 0.25) is 0 Å². The van der Waals surface area contributed by atoms with Crippen LogP contribution in [-0.2, 0) is 14.3 Å². The van der Waals surface area contributed by atoms with Crippen molar-refractivity contribution in [1.82, 2.24) is 4.90 Å². The zero-order valence-corrected chi connectivity index (χ0v) is 8.07. The van der Waals surface area contributed by atoms with Gasteiger partial charge in [-0.3, -0.25) is 14.5 Å². The van der Waals surface area contributed by atoms with Crippen LogP contribution < -0.4 is 0 Å². The molecular formula is C9H15NO4. The molecule has 0 aromatic rings. The molecule has 0 saturated carbocycles. The maximum Gasteiger partial charge on any atom is 0.303 e. The van der Waals surface area contributed by atoms with E-state index < -0.39 is 5.97 Å². The van der Waals surface area contributed by atoms with Crippen LogP contribution in [0.5, 0.6) is 0 Å². The number of carbonyl (C=O) groups is 2. The number of Topliss-reactive ketones (excluding diaryl/α,β-unsaturated/α-hetero) is 1. The summed E-state index contributed by atoms with van der Waals surface area (Å²) in [5.74, 6) is -0.922. The summed E-state index contributed by atoms with van der Waals surface area (Å²) in [7, 11) is 0. The lowest BCUT2D eigenvalue weighted by Crippen LogP contribution is -2.39. The lowest BCUT2D eigenvalue weighted by atomic mass is 10.2. The lowest BCUT2D eigenvalue weighted by Gasteiger charge is -2.25. The second kappa shape index (κ2) is 5.72. The molecule has 0 bridgehead atoms. The van der Waals surface area contributed by atoms with Crippen LogP contribution in [0, 0.1) is 0 Å². The SMILES string of the molecule is O=C(O)CCC(=O)CN1CCOCC1. The molecule has 80 valence electrons. The van der Waals surface area contributed by atoms with E-state index in [2.05, 4.69) is 0 Å². The third kappa shape index (κ3) is 4.34. The number of ether oxygens (including phenoxy) is 1. The van der Waals surface area contributed by atoms with Crippen molar-refractivity contribution in [2.45, 2.75) is 12.8 Å². The van der Waals surface area contributed by atoms with Gasteiger partial charge in [-0.15, -0.1) is 0 Å². The Labute approximate surface area is 82.6 Å². The zero-order valence-electron chi connectivity index (χ0n) is 8.07. The van der Waals surface area contributed by atoms with E-state index in [9.17, 15) is 9.59 Å². The number of carboxylic acids is 1. The summed E-state index contributed by atoms with van der Waals surface area (Å²) in [6, 6.07) is 0. The zero-order chi connectivity index (χ0) is 10.4. The fourth-order valence-electron chi connectivity index (χ4n) is 1.33. The minimum absolute atomic E-state index is 0.00528. The maximum absolute atomic E-state index is 11.3. The number of nitrogens with zero attached hydrogens (tertiary/aromatic N) is 1. The van der Waals surface area contributed by atoms with Gasteiger partial charge in [0.05, 0.1) is 26.2 Å². The van der Waals surface area contributed by atoms with Crippen LogP contribution in [0.25, 0.3) is 0 Å². The van der Waals surface area contributed by atoms with Crippen molar-refractivity contribution >= 4 is 11.8 Å². The number of aliphatic carboxylic acids is 1. The van der Waals surface area contributed by atoms with Crippen LogP contribution >= 0.6 is 0 Å². The lowest BCUT2D eigenvalue weighted by molar-refractivity contribution is -0.138. The molecule has 5 nitrogen and oxygen atoms in total. The summed E-state index contributed by atoms with van der Waals surface area (Å²) < 4.78 is 5.13. The van der Waals surface area contributed by atoms with Gasteiger partial charge in [0, 0.05) is 19.5 Å². The van der Waals surface area contributed by atoms with E-state index in [1.54, 1.807) is 0 Å². The first-order chi connectivity index (χ1) is 6.68. The fourth-order valence-corrected chi connectivity index (χ4v) is 1.33. The van der Waals surface area contributed by atoms with Crippen molar-refractivity contribution in [3.63, 3.8) is 0 Å². The van der Waals surface area contributed by atoms with Crippen molar-refractivity contribution in [2.24, 2.45) is 0 Å². The standard InChI is InChI=1S/C9H15NO4/c11-8(1-2-9(12)13)7-10-3-5-14-6-4-10/h1-7H2,(H,12,13). The summed E-state index contributed by atoms with van der Waals surface area (Å²) >= 11 is 0. The van der Waals surface area contributed by atoms with E-state index >= 15 is 0 Å². The van der Waals surface area contributed by atoms with Crippen molar-refractivity contribution < 1.29 is 19.4 Å². The molecule has 0 aliphatic carbocycles. The van der Waals surface area contributed by atoms with Crippen LogP contribution in [0.1, 0.15) is 12.8 Å². The van der Waals surface area contributed by atoms with Crippen molar-refractivity contribution in [3.05, 3.63) is 0 Å². The van der Waals surface area contributed by atoms with Gasteiger partial charge in [-0.2, -0.15) is 0 Å². The quantitative estimate of drug-likeness (QED) is 0.664. The van der Waals surface area contributed by atoms with E-state index in [0.717, 1.165) is 13.1 Å². The third-order valence-electron chi connectivity index (χ3n) is 2.12. The van der Waals surface area contributed by atoms with Gasteiger partial charge in [0.25, 0.3) is 0 Å². The summed E-state index contributed by atoms with van der Waals surface area (Å²) in [4.78, 5) is 23.5. The number of carboxylic acid groups (broad SMARTS) is 1. The van der Waals surface area contributed by atoms with Crippen molar-refractivity contribution in [1.29, 1.82) is 0 Å². The minimum atomic E-state index is -0.916. The monoisotopic (exact) mass is 201 g/mol. The molecule has 0 aromatic heterocycles. The Morgan fingerprint density at radius 2 is 1.86 bits per heavy atom. The molecule has 0 radical (unpaired) electrons. The maximum atomic E-state index is 11.3. The first kappa shape index (κ1) is 11.1. The molecule has 1 heterocycles. The second-order valence-electron chi connectivity index (χ2n) is 3.32. The van der Waals surface area contributed by atoms with Gasteiger partial charge in [0.2, 0.25) is 0 Å². The molecule has 1 saturated heterocycles. The van der Waals surface area contributed by atoms with Crippen LogP contribution in [0.4, 0.5) is 0 Å². The highest BCUT2D eigenvalue weighted by atomic mass is 16.5. The largest absolute Gasteiger partial charge is 0.481 e. The van der Waals surface area contributed by atoms with Crippen molar-refractivity contribution in [2.75, 3.05) is 32.8 Å². The van der Waals surface area contributed by atoms with Gasteiger partial charge in [-0.1, -0.05) is 0 Å². The Kier molecular flexibility index (Phi) is 4.55. The van der Waals surface area contributed by atoms with Crippen LogP contribution in [-0.4, -0.2) is 54.6 Å². The van der Waals surface area contributed by atoms with Gasteiger partial charge < -0.3 is 9.84 Å². The second-order valence-corrected chi connectivity index (χ2v) is 3.32. The Morgan fingerprint density at radius 3 is 2.43 bits per heavy atom. The molecule has 0 aromatic carbocycles. The highest BCUT2D eigenvalue weighted by molar-refractivity contribution is 5.83. The smallest absolute Gasteiger partial charge is 0.303 e. The van der Waals surface area contributed by atoms with Gasteiger partial charge in [-0.25, -0.2) is 0 Å². The number of carbonyl (C=O) groups excluding carboxylic acids is 1. The summed E-state index contributed by atoms with van der Waals surface area (Å²) in [5.41, 5.74) is 0. The molecule has 0 atom stereocenters. The molecule has 14 heavy (non-hydrogen) atoms. The number of rotatable bonds is 5. The molecule has 0 amide bonds. The number of hydrogen-bond acceptors (Lipinski definition) is 4. The Morgan fingerprint density at radius 1 is 1.21 bits per heavy atom. The predicted molar refractivity (Wildman–Crippen MR) is 49.1 cm³/mol. The summed E-state index contributed by atoms with van der Waals surface area (Å²) in [6.07, 6.45) is 0.0653. The Balaban J connectivity index is 2.15. The van der Waals surface area contributed by atoms with E-state index in [-0.39, 0.29) is 18.6 Å². The third-order valence-corrected chi connectivity index (χ3v) is 2.12. The molecule has 1 aliphatic heterocycles. The molecule has 0 spiro atoms. The molecule has 5 heteroatoms. The fraction of sp³-hybridized carbons (Fsp3) is 0.778. The van der Waals surface area contributed by atoms with Crippen molar-refractivity contribution in [3.8, 4) is 0 Å².